The summed E-state index contributed by atoms with van der Waals surface area (Å²) >= 11 is 0. The predicted molar refractivity (Wildman–Crippen MR) is 120 cm³/mol. The molecule has 1 heterocycles. The molecule has 3 saturated carbocycles. The van der Waals surface area contributed by atoms with Crippen molar-refractivity contribution in [2.24, 2.45) is 5.41 Å². The molecule has 172 valence electrons. The summed E-state index contributed by atoms with van der Waals surface area (Å²) in [4.78, 5) is 42.6. The van der Waals surface area contributed by atoms with Crippen molar-refractivity contribution in [3.05, 3.63) is 26.4 Å². The summed E-state index contributed by atoms with van der Waals surface area (Å²) in [7, 11) is 0. The lowest BCUT2D eigenvalue weighted by atomic mass is 9.54. The van der Waals surface area contributed by atoms with E-state index in [0.29, 0.717) is 6.61 Å². The molecule has 1 spiro atoms. The van der Waals surface area contributed by atoms with Crippen molar-refractivity contribution < 1.29 is 9.53 Å². The number of Topliss-reactive ketones (excluding diaryl/α,β-unsaturated/α-hetero) is 1. The van der Waals surface area contributed by atoms with Crippen LogP contribution in [0.25, 0.3) is 0 Å². The highest BCUT2D eigenvalue weighted by atomic mass is 16.5. The van der Waals surface area contributed by atoms with Crippen LogP contribution in [0.4, 0.5) is 5.82 Å². The number of rotatable bonds is 9. The number of carbonyl (C=O) groups is 1. The fourth-order valence-corrected chi connectivity index (χ4v) is 5.97. The molecular weight excluding hydrogens is 396 g/mol. The molecule has 0 radical (unpaired) electrons. The first kappa shape index (κ1) is 22.3. The van der Waals surface area contributed by atoms with Gasteiger partial charge in [0.25, 0.3) is 5.56 Å². The minimum Gasteiger partial charge on any atom is -0.384 e. The molecule has 8 nitrogen and oxygen atoms in total. The zero-order chi connectivity index (χ0) is 22.2. The number of aromatic nitrogens is 2. The quantitative estimate of drug-likeness (QED) is 0.580. The SMILES string of the molecule is CCCN(CC(=O)c1c(N)n(C2CC2)c(=O)[nH]c1=O)[C@H]1C[C@@H](OCC)C12CCCCC2. The summed E-state index contributed by atoms with van der Waals surface area (Å²) in [6.45, 7) is 5.80. The maximum atomic E-state index is 13.3. The Morgan fingerprint density at radius 1 is 1.23 bits per heavy atom. The van der Waals surface area contributed by atoms with E-state index in [-0.39, 0.29) is 47.3 Å². The Balaban J connectivity index is 1.59. The maximum Gasteiger partial charge on any atom is 0.330 e. The van der Waals surface area contributed by atoms with Gasteiger partial charge in [-0.15, -0.1) is 0 Å². The molecule has 3 N–H and O–H groups in total. The molecule has 3 fully saturated rings. The number of aromatic amines is 1. The number of ether oxygens (including phenoxy) is 1. The summed E-state index contributed by atoms with van der Waals surface area (Å²) in [5, 5.41) is 0. The number of H-pyrrole nitrogens is 1. The van der Waals surface area contributed by atoms with Gasteiger partial charge in [0.05, 0.1) is 12.6 Å². The maximum absolute atomic E-state index is 13.3. The van der Waals surface area contributed by atoms with Gasteiger partial charge in [-0.3, -0.25) is 24.0 Å². The van der Waals surface area contributed by atoms with E-state index in [2.05, 4.69) is 16.8 Å². The van der Waals surface area contributed by atoms with Crippen LogP contribution in [0.2, 0.25) is 0 Å². The van der Waals surface area contributed by atoms with E-state index in [1.165, 1.54) is 23.8 Å². The molecule has 2 atom stereocenters. The van der Waals surface area contributed by atoms with Crippen LogP contribution in [0.5, 0.6) is 0 Å². The predicted octanol–water partition coefficient (Wildman–Crippen LogP) is 2.48. The topological polar surface area (TPSA) is 110 Å². The van der Waals surface area contributed by atoms with Crippen molar-refractivity contribution in [3.8, 4) is 0 Å². The molecule has 0 aliphatic heterocycles. The third kappa shape index (κ3) is 4.00. The Bertz CT molecular complexity index is 926. The smallest absolute Gasteiger partial charge is 0.330 e. The molecule has 3 aliphatic rings. The highest BCUT2D eigenvalue weighted by Gasteiger charge is 2.57. The lowest BCUT2D eigenvalue weighted by Gasteiger charge is -2.61. The monoisotopic (exact) mass is 432 g/mol. The van der Waals surface area contributed by atoms with E-state index in [4.69, 9.17) is 10.5 Å². The zero-order valence-corrected chi connectivity index (χ0v) is 18.8. The number of carbonyl (C=O) groups excluding carboxylic acids is 1. The van der Waals surface area contributed by atoms with E-state index >= 15 is 0 Å². The Morgan fingerprint density at radius 3 is 2.55 bits per heavy atom. The zero-order valence-electron chi connectivity index (χ0n) is 18.8. The van der Waals surface area contributed by atoms with Gasteiger partial charge < -0.3 is 10.5 Å². The number of nitrogens with two attached hydrogens (primary N) is 1. The number of ketones is 1. The first-order chi connectivity index (χ1) is 14.9. The van der Waals surface area contributed by atoms with Crippen molar-refractivity contribution in [1.82, 2.24) is 14.5 Å². The normalized spacial score (nSPS) is 25.0. The first-order valence-electron chi connectivity index (χ1n) is 12.0. The van der Waals surface area contributed by atoms with Gasteiger partial charge in [0, 0.05) is 24.1 Å². The second kappa shape index (κ2) is 8.90. The highest BCUT2D eigenvalue weighted by Crippen LogP contribution is 2.55. The van der Waals surface area contributed by atoms with Crippen LogP contribution in [0, 0.1) is 5.41 Å². The van der Waals surface area contributed by atoms with Crippen molar-refractivity contribution in [3.63, 3.8) is 0 Å². The van der Waals surface area contributed by atoms with Crippen LogP contribution in [0.1, 0.15) is 88.0 Å². The lowest BCUT2D eigenvalue weighted by molar-refractivity contribution is -0.180. The van der Waals surface area contributed by atoms with Crippen molar-refractivity contribution in [2.45, 2.75) is 89.8 Å². The summed E-state index contributed by atoms with van der Waals surface area (Å²) in [5.74, 6) is -0.279. The third-order valence-electron chi connectivity index (χ3n) is 7.57. The fraction of sp³-hybridized carbons (Fsp3) is 0.783. The van der Waals surface area contributed by atoms with E-state index in [1.807, 2.05) is 6.92 Å². The molecule has 0 saturated heterocycles. The van der Waals surface area contributed by atoms with Crippen molar-refractivity contribution in [2.75, 3.05) is 25.4 Å². The average molecular weight is 433 g/mol. The number of nitrogens with one attached hydrogen (secondary N) is 1. The lowest BCUT2D eigenvalue weighted by Crippen LogP contribution is -2.66. The Labute approximate surface area is 183 Å². The van der Waals surface area contributed by atoms with Crippen LogP contribution in [0.15, 0.2) is 9.59 Å². The number of anilines is 1. The average Bonchev–Trinajstić information content (AvgIpc) is 3.56. The Hall–Kier alpha value is -1.93. The molecule has 31 heavy (non-hydrogen) atoms. The van der Waals surface area contributed by atoms with Crippen LogP contribution >= 0.6 is 0 Å². The van der Waals surface area contributed by atoms with Gasteiger partial charge >= 0.3 is 5.69 Å². The number of hydrogen-bond acceptors (Lipinski definition) is 6. The van der Waals surface area contributed by atoms with E-state index < -0.39 is 11.2 Å². The van der Waals surface area contributed by atoms with Crippen molar-refractivity contribution >= 4 is 11.6 Å². The first-order valence-corrected chi connectivity index (χ1v) is 12.0. The second-order valence-electron chi connectivity index (χ2n) is 9.50. The fourth-order valence-electron chi connectivity index (χ4n) is 5.97. The minimum atomic E-state index is -0.672. The molecule has 4 rings (SSSR count). The third-order valence-corrected chi connectivity index (χ3v) is 7.57. The van der Waals surface area contributed by atoms with Crippen LogP contribution in [-0.2, 0) is 4.74 Å². The standard InChI is InChI=1S/C23H36N4O4/c1-3-12-26(17-13-18(31-4-2)23(17)10-6-5-7-11-23)14-16(28)19-20(24)27(15-8-9-15)22(30)25-21(19)29/h15,17-18H,3-14,24H2,1-2H3,(H,25,29,30)/t17-,18+/m0/s1. The second-order valence-corrected chi connectivity index (χ2v) is 9.50. The van der Waals surface area contributed by atoms with Crippen LogP contribution in [-0.4, -0.2) is 52.1 Å². The van der Waals surface area contributed by atoms with Crippen LogP contribution < -0.4 is 17.0 Å². The van der Waals surface area contributed by atoms with Crippen LogP contribution in [0.3, 0.4) is 0 Å². The van der Waals surface area contributed by atoms with Crippen molar-refractivity contribution in [1.29, 1.82) is 0 Å². The van der Waals surface area contributed by atoms with E-state index in [0.717, 1.165) is 45.1 Å². The summed E-state index contributed by atoms with van der Waals surface area (Å²) in [6, 6.07) is 0.273. The minimum absolute atomic E-state index is 0.00765. The van der Waals surface area contributed by atoms with Gasteiger partial charge in [0.15, 0.2) is 5.78 Å². The summed E-state index contributed by atoms with van der Waals surface area (Å²) in [6.07, 6.45) is 9.71. The van der Waals surface area contributed by atoms with Gasteiger partial charge in [-0.25, -0.2) is 4.79 Å². The molecule has 1 aromatic rings. The van der Waals surface area contributed by atoms with Gasteiger partial charge in [-0.2, -0.15) is 0 Å². The molecule has 3 aliphatic carbocycles. The van der Waals surface area contributed by atoms with Gasteiger partial charge in [0.2, 0.25) is 0 Å². The highest BCUT2D eigenvalue weighted by molar-refractivity contribution is 6.01. The number of nitrogens with zero attached hydrogens (tertiary/aromatic N) is 2. The molecule has 0 aromatic carbocycles. The molecule has 1 aromatic heterocycles. The Kier molecular flexibility index (Phi) is 6.40. The summed E-state index contributed by atoms with van der Waals surface area (Å²) in [5.41, 5.74) is 5.03. The van der Waals surface area contributed by atoms with E-state index in [1.54, 1.807) is 0 Å². The van der Waals surface area contributed by atoms with Gasteiger partial charge in [0.1, 0.15) is 11.4 Å². The molecular formula is C23H36N4O4. The molecule has 0 bridgehead atoms. The summed E-state index contributed by atoms with van der Waals surface area (Å²) < 4.78 is 7.48. The largest absolute Gasteiger partial charge is 0.384 e. The number of nitrogen functional groups attached to an aromatic ring is 1. The van der Waals surface area contributed by atoms with Gasteiger partial charge in [-0.1, -0.05) is 26.2 Å². The molecule has 0 amide bonds. The number of hydrogen-bond donors (Lipinski definition) is 2. The Morgan fingerprint density at radius 2 is 1.94 bits per heavy atom. The molecule has 0 unspecified atom stereocenters. The van der Waals surface area contributed by atoms with E-state index in [9.17, 15) is 14.4 Å². The molecule has 8 heteroatoms. The van der Waals surface area contributed by atoms with Gasteiger partial charge in [-0.05, 0) is 52.0 Å².